The molecule has 0 aliphatic carbocycles. The standard InChI is InChI=1S/C11H8F3NO4/c12-11(13,14)10(17)15-7-4-9-8(18-5-19-9)3-6(7)1-2-16/h2-4H,1,5H2,(H,15,17). The summed E-state index contributed by atoms with van der Waals surface area (Å²) in [5.74, 6) is -1.58. The molecule has 1 aliphatic rings. The number of carbonyl (C=O) groups excluding carboxylic acids is 2. The van der Waals surface area contributed by atoms with E-state index in [2.05, 4.69) is 0 Å². The molecule has 0 atom stereocenters. The molecule has 1 amide bonds. The largest absolute Gasteiger partial charge is 0.471 e. The minimum absolute atomic E-state index is 0.0630. The first-order chi connectivity index (χ1) is 8.91. The molecule has 0 spiro atoms. The van der Waals surface area contributed by atoms with Gasteiger partial charge < -0.3 is 19.6 Å². The third-order valence-corrected chi connectivity index (χ3v) is 2.41. The molecule has 0 saturated carbocycles. The summed E-state index contributed by atoms with van der Waals surface area (Å²) < 4.78 is 46.6. The van der Waals surface area contributed by atoms with Gasteiger partial charge in [0.2, 0.25) is 6.79 Å². The summed E-state index contributed by atoms with van der Waals surface area (Å²) in [4.78, 5) is 21.4. The highest BCUT2D eigenvalue weighted by atomic mass is 19.4. The van der Waals surface area contributed by atoms with E-state index in [1.165, 1.54) is 12.1 Å². The van der Waals surface area contributed by atoms with Gasteiger partial charge in [-0.25, -0.2) is 0 Å². The number of anilines is 1. The monoisotopic (exact) mass is 275 g/mol. The van der Waals surface area contributed by atoms with Crippen LogP contribution in [-0.4, -0.2) is 25.2 Å². The topological polar surface area (TPSA) is 64.6 Å². The summed E-state index contributed by atoms with van der Waals surface area (Å²) >= 11 is 0. The summed E-state index contributed by atoms with van der Waals surface area (Å²) in [6, 6.07) is 2.56. The average Bonchev–Trinajstić information content (AvgIpc) is 2.75. The maximum absolute atomic E-state index is 12.2. The van der Waals surface area contributed by atoms with Crippen LogP contribution in [0.3, 0.4) is 0 Å². The molecule has 19 heavy (non-hydrogen) atoms. The molecule has 1 N–H and O–H groups in total. The number of halogens is 3. The predicted octanol–water partition coefficient (Wildman–Crippen LogP) is 1.66. The third-order valence-electron chi connectivity index (χ3n) is 2.41. The zero-order chi connectivity index (χ0) is 14.0. The lowest BCUT2D eigenvalue weighted by Gasteiger charge is -2.12. The molecule has 5 nitrogen and oxygen atoms in total. The van der Waals surface area contributed by atoms with Crippen molar-refractivity contribution in [1.82, 2.24) is 0 Å². The van der Waals surface area contributed by atoms with Gasteiger partial charge in [0.05, 0.1) is 0 Å². The summed E-state index contributed by atoms with van der Waals surface area (Å²) in [5.41, 5.74) is 0.0931. The number of aldehydes is 1. The van der Waals surface area contributed by atoms with Gasteiger partial charge >= 0.3 is 12.1 Å². The fourth-order valence-electron chi connectivity index (χ4n) is 1.55. The second kappa shape index (κ2) is 4.79. The Balaban J connectivity index is 2.33. The van der Waals surface area contributed by atoms with Gasteiger partial charge in [0.1, 0.15) is 6.29 Å². The van der Waals surface area contributed by atoms with E-state index in [1.54, 1.807) is 5.32 Å². The van der Waals surface area contributed by atoms with E-state index in [0.29, 0.717) is 12.0 Å². The molecule has 0 bridgehead atoms. The summed E-state index contributed by atoms with van der Waals surface area (Å²) in [6.07, 6.45) is -4.64. The van der Waals surface area contributed by atoms with Crippen molar-refractivity contribution < 1.29 is 32.2 Å². The Bertz CT molecular complexity index is 527. The van der Waals surface area contributed by atoms with Gasteiger partial charge in [0.25, 0.3) is 0 Å². The first-order valence-electron chi connectivity index (χ1n) is 5.16. The van der Waals surface area contributed by atoms with Crippen molar-refractivity contribution in [2.45, 2.75) is 12.6 Å². The van der Waals surface area contributed by atoms with E-state index in [1.807, 2.05) is 0 Å². The van der Waals surface area contributed by atoms with E-state index in [-0.39, 0.29) is 30.2 Å². The highest BCUT2D eigenvalue weighted by molar-refractivity contribution is 5.96. The van der Waals surface area contributed by atoms with Gasteiger partial charge in [-0.05, 0) is 11.6 Å². The van der Waals surface area contributed by atoms with E-state index in [9.17, 15) is 22.8 Å². The molecule has 8 heteroatoms. The number of carbonyl (C=O) groups is 2. The van der Waals surface area contributed by atoms with Crippen LogP contribution in [0.15, 0.2) is 12.1 Å². The average molecular weight is 275 g/mol. The molecule has 102 valence electrons. The van der Waals surface area contributed by atoms with Crippen LogP contribution in [0.25, 0.3) is 0 Å². The normalized spacial score (nSPS) is 13.2. The van der Waals surface area contributed by atoms with Crippen LogP contribution >= 0.6 is 0 Å². The lowest BCUT2D eigenvalue weighted by atomic mass is 10.1. The van der Waals surface area contributed by atoms with Crippen LogP contribution in [0.1, 0.15) is 5.56 Å². The molecule has 0 saturated heterocycles. The number of hydrogen-bond acceptors (Lipinski definition) is 4. The number of rotatable bonds is 3. The second-order valence-electron chi connectivity index (χ2n) is 3.69. The van der Waals surface area contributed by atoms with E-state index >= 15 is 0 Å². The van der Waals surface area contributed by atoms with Crippen molar-refractivity contribution in [3.05, 3.63) is 17.7 Å². The van der Waals surface area contributed by atoms with Crippen LogP contribution in [0.2, 0.25) is 0 Å². The number of ether oxygens (including phenoxy) is 2. The number of benzene rings is 1. The SMILES string of the molecule is O=CCc1cc2c(cc1NC(=O)C(F)(F)F)OCO2. The Labute approximate surface area is 105 Å². The van der Waals surface area contributed by atoms with Gasteiger partial charge in [-0.1, -0.05) is 0 Å². The Morgan fingerprint density at radius 2 is 1.95 bits per heavy atom. The van der Waals surface area contributed by atoms with Gasteiger partial charge in [-0.15, -0.1) is 0 Å². The first kappa shape index (κ1) is 13.2. The van der Waals surface area contributed by atoms with Gasteiger partial charge in [-0.2, -0.15) is 13.2 Å². The van der Waals surface area contributed by atoms with Crippen molar-refractivity contribution in [2.75, 3.05) is 12.1 Å². The molecular weight excluding hydrogens is 267 g/mol. The molecule has 2 rings (SSSR count). The summed E-state index contributed by atoms with van der Waals surface area (Å²) in [6.45, 7) is -0.0630. The molecule has 1 aromatic rings. The van der Waals surface area contributed by atoms with Crippen molar-refractivity contribution >= 4 is 17.9 Å². The zero-order valence-electron chi connectivity index (χ0n) is 9.41. The lowest BCUT2D eigenvalue weighted by molar-refractivity contribution is -0.167. The van der Waals surface area contributed by atoms with Gasteiger partial charge in [-0.3, -0.25) is 4.79 Å². The fraction of sp³-hybridized carbons (Fsp3) is 0.273. The van der Waals surface area contributed by atoms with Crippen LogP contribution in [0, 0.1) is 0 Å². The molecular formula is C11H8F3NO4. The quantitative estimate of drug-likeness (QED) is 0.852. The lowest BCUT2D eigenvalue weighted by Crippen LogP contribution is -2.30. The highest BCUT2D eigenvalue weighted by Gasteiger charge is 2.39. The molecule has 0 aromatic heterocycles. The Hall–Kier alpha value is -2.25. The summed E-state index contributed by atoms with van der Waals surface area (Å²) in [7, 11) is 0. The fourth-order valence-corrected chi connectivity index (χ4v) is 1.55. The van der Waals surface area contributed by atoms with Gasteiger partial charge in [0.15, 0.2) is 11.5 Å². The van der Waals surface area contributed by atoms with Gasteiger partial charge in [0, 0.05) is 18.2 Å². The van der Waals surface area contributed by atoms with Crippen molar-refractivity contribution in [3.8, 4) is 11.5 Å². The van der Waals surface area contributed by atoms with Crippen molar-refractivity contribution in [1.29, 1.82) is 0 Å². The van der Waals surface area contributed by atoms with Crippen LogP contribution < -0.4 is 14.8 Å². The number of alkyl halides is 3. The van der Waals surface area contributed by atoms with Crippen LogP contribution in [-0.2, 0) is 16.0 Å². The zero-order valence-corrected chi connectivity index (χ0v) is 9.41. The van der Waals surface area contributed by atoms with Crippen molar-refractivity contribution in [3.63, 3.8) is 0 Å². The van der Waals surface area contributed by atoms with Crippen molar-refractivity contribution in [2.24, 2.45) is 0 Å². The smallest absolute Gasteiger partial charge is 0.454 e. The molecule has 1 aromatic carbocycles. The van der Waals surface area contributed by atoms with E-state index in [4.69, 9.17) is 9.47 Å². The maximum Gasteiger partial charge on any atom is 0.471 e. The number of amides is 1. The van der Waals surface area contributed by atoms with E-state index < -0.39 is 12.1 Å². The first-order valence-corrected chi connectivity index (χ1v) is 5.16. The Morgan fingerprint density at radius 1 is 1.32 bits per heavy atom. The maximum atomic E-state index is 12.2. The third kappa shape index (κ3) is 2.78. The summed E-state index contributed by atoms with van der Waals surface area (Å²) in [5, 5.41) is 1.71. The van der Waals surface area contributed by atoms with Crippen LogP contribution in [0.5, 0.6) is 11.5 Å². The Kier molecular flexibility index (Phi) is 3.32. The second-order valence-corrected chi connectivity index (χ2v) is 3.69. The molecule has 1 aliphatic heterocycles. The van der Waals surface area contributed by atoms with E-state index in [0.717, 1.165) is 0 Å². The minimum Gasteiger partial charge on any atom is -0.454 e. The highest BCUT2D eigenvalue weighted by Crippen LogP contribution is 2.37. The molecule has 1 heterocycles. The number of fused-ring (bicyclic) bond motifs is 1. The molecule has 0 unspecified atom stereocenters. The minimum atomic E-state index is -5.01. The number of hydrogen-bond donors (Lipinski definition) is 1. The molecule has 0 fully saturated rings. The predicted molar refractivity (Wildman–Crippen MR) is 57.0 cm³/mol. The molecule has 0 radical (unpaired) electrons. The Morgan fingerprint density at radius 3 is 2.53 bits per heavy atom. The van der Waals surface area contributed by atoms with Crippen LogP contribution in [0.4, 0.5) is 18.9 Å². The number of nitrogens with one attached hydrogen (secondary N) is 1.